The smallest absolute Gasteiger partial charge is 0.222 e. The van der Waals surface area contributed by atoms with E-state index in [0.717, 1.165) is 55.4 Å². The molecule has 0 aliphatic carbocycles. The van der Waals surface area contributed by atoms with E-state index in [1.807, 2.05) is 12.1 Å². The number of rotatable bonds is 6. The van der Waals surface area contributed by atoms with E-state index in [2.05, 4.69) is 34.0 Å². The number of hydrogen-bond acceptors (Lipinski definition) is 6. The van der Waals surface area contributed by atoms with Gasteiger partial charge in [-0.25, -0.2) is 4.98 Å². The molecule has 1 atom stereocenters. The van der Waals surface area contributed by atoms with E-state index in [4.69, 9.17) is 10.2 Å². The molecule has 130 valence electrons. The van der Waals surface area contributed by atoms with Crippen molar-refractivity contribution in [3.05, 3.63) is 35.4 Å². The van der Waals surface area contributed by atoms with Crippen LogP contribution < -0.4 is 11.1 Å². The van der Waals surface area contributed by atoms with Crippen LogP contribution >= 0.6 is 0 Å². The lowest BCUT2D eigenvalue weighted by Gasteiger charge is -2.32. The number of nitrogen functional groups attached to an aromatic ring is 1. The molecule has 1 aliphatic heterocycles. The van der Waals surface area contributed by atoms with Crippen LogP contribution in [0.5, 0.6) is 0 Å². The van der Waals surface area contributed by atoms with Gasteiger partial charge in [0.25, 0.3) is 0 Å². The number of nitrogens with one attached hydrogen (secondary N) is 1. The maximum Gasteiger partial charge on any atom is 0.222 e. The van der Waals surface area contributed by atoms with Crippen molar-refractivity contribution in [2.45, 2.75) is 39.7 Å². The summed E-state index contributed by atoms with van der Waals surface area (Å²) in [5.41, 5.74) is 7.96. The Morgan fingerprint density at radius 3 is 3.04 bits per heavy atom. The molecular weight excluding hydrogens is 302 g/mol. The predicted octanol–water partition coefficient (Wildman–Crippen LogP) is 2.85. The van der Waals surface area contributed by atoms with Gasteiger partial charge in [-0.15, -0.1) is 0 Å². The first-order valence-electron chi connectivity index (χ1n) is 8.77. The Labute approximate surface area is 143 Å². The zero-order valence-corrected chi connectivity index (χ0v) is 14.6. The third-order valence-electron chi connectivity index (χ3n) is 4.72. The molecule has 1 unspecified atom stereocenters. The van der Waals surface area contributed by atoms with Gasteiger partial charge in [-0.1, -0.05) is 6.92 Å². The molecule has 0 spiro atoms. The van der Waals surface area contributed by atoms with Gasteiger partial charge in [-0.05, 0) is 50.8 Å². The Hall–Kier alpha value is -2.08. The Morgan fingerprint density at radius 2 is 2.29 bits per heavy atom. The van der Waals surface area contributed by atoms with Crippen LogP contribution in [0.15, 0.2) is 22.8 Å². The molecular formula is C18H27N5O. The average molecular weight is 329 g/mol. The highest BCUT2D eigenvalue weighted by molar-refractivity contribution is 5.48. The number of hydrogen-bond donors (Lipinski definition) is 2. The minimum Gasteiger partial charge on any atom is -0.468 e. The lowest BCUT2D eigenvalue weighted by molar-refractivity contribution is 0.162. The molecule has 3 N–H and O–H groups in total. The van der Waals surface area contributed by atoms with Crippen molar-refractivity contribution < 1.29 is 4.42 Å². The van der Waals surface area contributed by atoms with Gasteiger partial charge >= 0.3 is 0 Å². The number of aryl methyl sites for hydroxylation is 1. The van der Waals surface area contributed by atoms with Crippen molar-refractivity contribution in [1.82, 2.24) is 14.9 Å². The van der Waals surface area contributed by atoms with Crippen molar-refractivity contribution in [3.63, 3.8) is 0 Å². The summed E-state index contributed by atoms with van der Waals surface area (Å²) in [4.78, 5) is 11.1. The maximum absolute atomic E-state index is 5.83. The fraction of sp³-hybridized carbons (Fsp3) is 0.556. The van der Waals surface area contributed by atoms with Crippen LogP contribution in [0.2, 0.25) is 0 Å². The molecule has 3 heterocycles. The Bertz CT molecular complexity index is 656. The third-order valence-corrected chi connectivity index (χ3v) is 4.72. The monoisotopic (exact) mass is 329 g/mol. The van der Waals surface area contributed by atoms with Gasteiger partial charge in [0.2, 0.25) is 5.95 Å². The van der Waals surface area contributed by atoms with Crippen LogP contribution in [0.1, 0.15) is 36.8 Å². The lowest BCUT2D eigenvalue weighted by atomic mass is 9.98. The highest BCUT2D eigenvalue weighted by atomic mass is 16.3. The molecule has 0 aromatic carbocycles. The Balaban J connectivity index is 1.57. The second-order valence-electron chi connectivity index (χ2n) is 6.56. The van der Waals surface area contributed by atoms with E-state index in [-0.39, 0.29) is 0 Å². The van der Waals surface area contributed by atoms with Crippen molar-refractivity contribution >= 4 is 11.8 Å². The van der Waals surface area contributed by atoms with Crippen LogP contribution in [0.3, 0.4) is 0 Å². The van der Waals surface area contributed by atoms with Gasteiger partial charge < -0.3 is 15.5 Å². The van der Waals surface area contributed by atoms with E-state index in [1.54, 1.807) is 6.26 Å². The maximum atomic E-state index is 5.83. The third kappa shape index (κ3) is 4.06. The number of nitrogens with zero attached hydrogens (tertiary/aromatic N) is 3. The fourth-order valence-electron chi connectivity index (χ4n) is 3.42. The fourth-order valence-corrected chi connectivity index (χ4v) is 3.42. The van der Waals surface area contributed by atoms with E-state index in [9.17, 15) is 0 Å². The summed E-state index contributed by atoms with van der Waals surface area (Å²) in [6.45, 7) is 8.17. The highest BCUT2D eigenvalue weighted by Gasteiger charge is 2.21. The molecule has 6 heteroatoms. The van der Waals surface area contributed by atoms with Crippen LogP contribution in [-0.2, 0) is 13.0 Å². The van der Waals surface area contributed by atoms with Gasteiger partial charge in [0.15, 0.2) is 0 Å². The summed E-state index contributed by atoms with van der Waals surface area (Å²) in [5, 5.41) is 3.50. The molecule has 1 aliphatic rings. The summed E-state index contributed by atoms with van der Waals surface area (Å²) >= 11 is 0. The summed E-state index contributed by atoms with van der Waals surface area (Å²) in [6, 6.07) is 3.99. The molecule has 2 aromatic heterocycles. The van der Waals surface area contributed by atoms with Crippen LogP contribution in [-0.4, -0.2) is 34.5 Å². The molecule has 3 rings (SSSR count). The number of aromatic nitrogens is 2. The van der Waals surface area contributed by atoms with E-state index in [0.29, 0.717) is 11.9 Å². The normalized spacial score (nSPS) is 18.7. The number of nitrogens with two attached hydrogens (primary N) is 1. The Kier molecular flexibility index (Phi) is 5.35. The molecule has 0 bridgehead atoms. The number of likely N-dealkylation sites (tertiary alicyclic amines) is 1. The molecule has 0 radical (unpaired) electrons. The molecule has 0 saturated carbocycles. The van der Waals surface area contributed by atoms with Crippen molar-refractivity contribution in [3.8, 4) is 0 Å². The first-order chi connectivity index (χ1) is 11.7. The second kappa shape index (κ2) is 7.66. The second-order valence-corrected chi connectivity index (χ2v) is 6.56. The van der Waals surface area contributed by atoms with Crippen molar-refractivity contribution in [1.29, 1.82) is 0 Å². The number of piperidine rings is 1. The zero-order chi connectivity index (χ0) is 16.9. The summed E-state index contributed by atoms with van der Waals surface area (Å²) < 4.78 is 5.47. The van der Waals surface area contributed by atoms with E-state index < -0.39 is 0 Å². The van der Waals surface area contributed by atoms with Gasteiger partial charge in [0.1, 0.15) is 11.6 Å². The number of anilines is 2. The molecule has 2 aromatic rings. The minimum absolute atomic E-state index is 0.350. The van der Waals surface area contributed by atoms with Crippen LogP contribution in [0.25, 0.3) is 0 Å². The summed E-state index contributed by atoms with van der Waals surface area (Å²) in [7, 11) is 0. The zero-order valence-electron chi connectivity index (χ0n) is 14.6. The molecule has 1 fully saturated rings. The summed E-state index contributed by atoms with van der Waals surface area (Å²) in [6.07, 6.45) is 5.07. The summed E-state index contributed by atoms with van der Waals surface area (Å²) in [5.74, 6) is 2.87. The molecule has 1 saturated heterocycles. The number of furan rings is 1. The van der Waals surface area contributed by atoms with Crippen molar-refractivity contribution in [2.24, 2.45) is 5.92 Å². The molecule has 6 nitrogen and oxygen atoms in total. The standard InChI is InChI=1S/C18H27N5O/c1-3-16-13(2)17(22-18(19)21-16)20-10-14-6-4-8-23(11-14)12-15-7-5-9-24-15/h5,7,9,14H,3-4,6,8,10-12H2,1-2H3,(H3,19,20,21,22). The topological polar surface area (TPSA) is 80.2 Å². The first kappa shape index (κ1) is 16.8. The van der Waals surface area contributed by atoms with Gasteiger partial charge in [0.05, 0.1) is 18.5 Å². The van der Waals surface area contributed by atoms with E-state index >= 15 is 0 Å². The Morgan fingerprint density at radius 1 is 1.42 bits per heavy atom. The van der Waals surface area contributed by atoms with E-state index in [1.165, 1.54) is 12.8 Å². The van der Waals surface area contributed by atoms with Gasteiger partial charge in [-0.2, -0.15) is 4.98 Å². The van der Waals surface area contributed by atoms with Gasteiger partial charge in [0, 0.05) is 18.7 Å². The van der Waals surface area contributed by atoms with Crippen LogP contribution in [0.4, 0.5) is 11.8 Å². The predicted molar refractivity (Wildman–Crippen MR) is 95.8 cm³/mol. The average Bonchev–Trinajstić information content (AvgIpc) is 3.08. The highest BCUT2D eigenvalue weighted by Crippen LogP contribution is 2.21. The minimum atomic E-state index is 0.350. The van der Waals surface area contributed by atoms with Crippen molar-refractivity contribution in [2.75, 3.05) is 30.7 Å². The lowest BCUT2D eigenvalue weighted by Crippen LogP contribution is -2.37. The quantitative estimate of drug-likeness (QED) is 0.848. The SMILES string of the molecule is CCc1nc(N)nc(NCC2CCCN(Cc3ccco3)C2)c1C. The molecule has 0 amide bonds. The largest absolute Gasteiger partial charge is 0.468 e. The van der Waals surface area contributed by atoms with Gasteiger partial charge in [-0.3, -0.25) is 4.90 Å². The molecule has 24 heavy (non-hydrogen) atoms. The van der Waals surface area contributed by atoms with Crippen LogP contribution in [0, 0.1) is 12.8 Å². The first-order valence-corrected chi connectivity index (χ1v) is 8.77.